The minimum absolute atomic E-state index is 0.690. The molecule has 152 valence electrons. The number of aliphatic imine (C=N–C) groups is 1. The molecule has 0 atom stereocenters. The summed E-state index contributed by atoms with van der Waals surface area (Å²) in [7, 11) is 0. The van der Waals surface area contributed by atoms with Gasteiger partial charge < -0.3 is 10.6 Å². The van der Waals surface area contributed by atoms with Crippen molar-refractivity contribution < 1.29 is 0 Å². The molecule has 1 aromatic heterocycles. The predicted molar refractivity (Wildman–Crippen MR) is 119 cm³/mol. The summed E-state index contributed by atoms with van der Waals surface area (Å²) >= 11 is 1.75. The Hall–Kier alpha value is -1.92. The molecule has 0 saturated carbocycles. The summed E-state index contributed by atoms with van der Waals surface area (Å²) in [5, 5.41) is 7.88. The highest BCUT2D eigenvalue weighted by molar-refractivity contribution is 7.11. The fourth-order valence-electron chi connectivity index (χ4n) is 3.50. The first-order valence-electron chi connectivity index (χ1n) is 10.4. The van der Waals surface area contributed by atoms with E-state index in [1.807, 2.05) is 0 Å². The molecule has 1 aliphatic heterocycles. The molecule has 0 amide bonds. The van der Waals surface area contributed by atoms with Crippen LogP contribution in [0, 0.1) is 13.8 Å². The molecule has 6 heteroatoms. The molecule has 1 saturated heterocycles. The highest BCUT2D eigenvalue weighted by Gasteiger charge is 2.12. The van der Waals surface area contributed by atoms with Crippen molar-refractivity contribution in [2.45, 2.75) is 59.7 Å². The highest BCUT2D eigenvalue weighted by Crippen LogP contribution is 2.17. The van der Waals surface area contributed by atoms with Gasteiger partial charge in [0.2, 0.25) is 0 Å². The van der Waals surface area contributed by atoms with Crippen molar-refractivity contribution in [1.82, 2.24) is 20.5 Å². The van der Waals surface area contributed by atoms with Crippen LogP contribution in [0.1, 0.15) is 52.9 Å². The van der Waals surface area contributed by atoms with Crippen molar-refractivity contribution in [3.63, 3.8) is 0 Å². The molecule has 2 N–H and O–H groups in total. The molecular formula is C22H33N5S. The number of nitrogens with one attached hydrogen (secondary N) is 2. The Morgan fingerprint density at radius 1 is 1.11 bits per heavy atom. The highest BCUT2D eigenvalue weighted by atomic mass is 32.1. The standard InChI is InChI=1S/C22H33N5S/c1-4-23-22(25-15-21-26-17(2)18(3)28-21)24-14-19-10-6-7-11-20(19)16-27-12-8-5-9-13-27/h6-7,10-11H,4-5,8-9,12-16H2,1-3H3,(H2,23,24,25). The largest absolute Gasteiger partial charge is 0.357 e. The van der Waals surface area contributed by atoms with Crippen LogP contribution in [0.3, 0.4) is 0 Å². The zero-order valence-corrected chi connectivity index (χ0v) is 18.2. The van der Waals surface area contributed by atoms with Crippen molar-refractivity contribution in [2.24, 2.45) is 4.99 Å². The van der Waals surface area contributed by atoms with Gasteiger partial charge in [-0.2, -0.15) is 0 Å². The zero-order chi connectivity index (χ0) is 19.8. The maximum absolute atomic E-state index is 4.83. The lowest BCUT2D eigenvalue weighted by atomic mass is 10.1. The number of hydrogen-bond donors (Lipinski definition) is 2. The smallest absolute Gasteiger partial charge is 0.191 e. The molecule has 0 bridgehead atoms. The van der Waals surface area contributed by atoms with Crippen LogP contribution in [-0.4, -0.2) is 35.5 Å². The average molecular weight is 400 g/mol. The second-order valence-corrected chi connectivity index (χ2v) is 8.69. The lowest BCUT2D eigenvalue weighted by Crippen LogP contribution is -2.36. The summed E-state index contributed by atoms with van der Waals surface area (Å²) in [5.41, 5.74) is 3.83. The molecule has 0 radical (unpaired) electrons. The maximum Gasteiger partial charge on any atom is 0.191 e. The lowest BCUT2D eigenvalue weighted by Gasteiger charge is -2.27. The van der Waals surface area contributed by atoms with E-state index in [1.54, 1.807) is 11.3 Å². The number of nitrogens with zero attached hydrogens (tertiary/aromatic N) is 3. The van der Waals surface area contributed by atoms with Crippen LogP contribution in [-0.2, 0) is 19.6 Å². The molecular weight excluding hydrogens is 366 g/mol. The van der Waals surface area contributed by atoms with Gasteiger partial charge in [0, 0.05) is 18.0 Å². The summed E-state index contributed by atoms with van der Waals surface area (Å²) in [4.78, 5) is 13.3. The Kier molecular flexibility index (Phi) is 7.86. The van der Waals surface area contributed by atoms with Gasteiger partial charge in [0.15, 0.2) is 5.96 Å². The predicted octanol–water partition coefficient (Wildman–Crippen LogP) is 4.00. The van der Waals surface area contributed by atoms with E-state index in [4.69, 9.17) is 4.99 Å². The fraction of sp³-hybridized carbons (Fsp3) is 0.545. The maximum atomic E-state index is 4.83. The normalized spacial score (nSPS) is 15.6. The van der Waals surface area contributed by atoms with Gasteiger partial charge in [-0.3, -0.25) is 4.90 Å². The Balaban J connectivity index is 1.63. The Morgan fingerprint density at radius 2 is 1.86 bits per heavy atom. The van der Waals surface area contributed by atoms with Crippen LogP contribution in [0.4, 0.5) is 0 Å². The van der Waals surface area contributed by atoms with E-state index < -0.39 is 0 Å². The Bertz CT molecular complexity index is 757. The SMILES string of the molecule is CCNC(=NCc1ccccc1CN1CCCCC1)NCc1nc(C)c(C)s1. The number of hydrogen-bond acceptors (Lipinski definition) is 4. The van der Waals surface area contributed by atoms with Crippen molar-refractivity contribution in [3.8, 4) is 0 Å². The molecule has 1 aromatic carbocycles. The summed E-state index contributed by atoms with van der Waals surface area (Å²) in [6.07, 6.45) is 4.02. The third-order valence-corrected chi connectivity index (χ3v) is 6.27. The molecule has 3 rings (SSSR count). The van der Waals surface area contributed by atoms with Gasteiger partial charge in [-0.15, -0.1) is 11.3 Å². The third kappa shape index (κ3) is 6.04. The number of aromatic nitrogens is 1. The molecule has 5 nitrogen and oxygen atoms in total. The minimum atomic E-state index is 0.690. The number of rotatable bonds is 7. The van der Waals surface area contributed by atoms with Crippen LogP contribution in [0.2, 0.25) is 0 Å². The van der Waals surface area contributed by atoms with Crippen LogP contribution in [0.15, 0.2) is 29.3 Å². The first-order chi connectivity index (χ1) is 13.7. The van der Waals surface area contributed by atoms with E-state index in [2.05, 4.69) is 65.6 Å². The molecule has 0 aliphatic carbocycles. The molecule has 28 heavy (non-hydrogen) atoms. The summed E-state index contributed by atoms with van der Waals surface area (Å²) in [5.74, 6) is 0.848. The zero-order valence-electron chi connectivity index (χ0n) is 17.4. The Morgan fingerprint density at radius 3 is 2.54 bits per heavy atom. The van der Waals surface area contributed by atoms with Crippen LogP contribution in [0.25, 0.3) is 0 Å². The van der Waals surface area contributed by atoms with Gasteiger partial charge in [0.05, 0.1) is 18.8 Å². The fourth-order valence-corrected chi connectivity index (χ4v) is 4.38. The van der Waals surface area contributed by atoms with Crippen LogP contribution in [0.5, 0.6) is 0 Å². The molecule has 0 unspecified atom stereocenters. The summed E-state index contributed by atoms with van der Waals surface area (Å²) in [6.45, 7) is 12.0. The van der Waals surface area contributed by atoms with E-state index >= 15 is 0 Å². The number of piperidine rings is 1. The van der Waals surface area contributed by atoms with E-state index in [1.165, 1.54) is 48.4 Å². The Labute approximate surface area is 173 Å². The van der Waals surface area contributed by atoms with E-state index in [0.29, 0.717) is 13.1 Å². The van der Waals surface area contributed by atoms with E-state index in [9.17, 15) is 0 Å². The van der Waals surface area contributed by atoms with Crippen molar-refractivity contribution >= 4 is 17.3 Å². The number of benzene rings is 1. The number of guanidine groups is 1. The monoisotopic (exact) mass is 399 g/mol. The first kappa shape index (κ1) is 20.8. The van der Waals surface area contributed by atoms with Gasteiger partial charge in [0.25, 0.3) is 0 Å². The van der Waals surface area contributed by atoms with Crippen molar-refractivity contribution in [3.05, 3.63) is 51.0 Å². The van der Waals surface area contributed by atoms with Gasteiger partial charge >= 0.3 is 0 Å². The topological polar surface area (TPSA) is 52.6 Å². The quantitative estimate of drug-likeness (QED) is 0.546. The van der Waals surface area contributed by atoms with Crippen LogP contribution >= 0.6 is 11.3 Å². The molecule has 0 spiro atoms. The van der Waals surface area contributed by atoms with Gasteiger partial charge in [-0.25, -0.2) is 9.98 Å². The van der Waals surface area contributed by atoms with Crippen molar-refractivity contribution in [2.75, 3.05) is 19.6 Å². The third-order valence-electron chi connectivity index (χ3n) is 5.19. The second kappa shape index (κ2) is 10.6. The minimum Gasteiger partial charge on any atom is -0.357 e. The molecule has 1 aliphatic rings. The summed E-state index contributed by atoms with van der Waals surface area (Å²) < 4.78 is 0. The van der Waals surface area contributed by atoms with E-state index in [-0.39, 0.29) is 0 Å². The molecule has 2 aromatic rings. The lowest BCUT2D eigenvalue weighted by molar-refractivity contribution is 0.220. The van der Waals surface area contributed by atoms with Gasteiger partial charge in [0.1, 0.15) is 5.01 Å². The average Bonchev–Trinajstić information content (AvgIpc) is 3.03. The molecule has 2 heterocycles. The van der Waals surface area contributed by atoms with Crippen molar-refractivity contribution in [1.29, 1.82) is 0 Å². The number of likely N-dealkylation sites (tertiary alicyclic amines) is 1. The van der Waals surface area contributed by atoms with Gasteiger partial charge in [-0.05, 0) is 57.8 Å². The first-order valence-corrected chi connectivity index (χ1v) is 11.2. The van der Waals surface area contributed by atoms with Gasteiger partial charge in [-0.1, -0.05) is 30.7 Å². The number of thiazole rings is 1. The van der Waals surface area contributed by atoms with E-state index in [0.717, 1.165) is 29.8 Å². The van der Waals surface area contributed by atoms with Crippen LogP contribution < -0.4 is 10.6 Å². The second-order valence-electron chi connectivity index (χ2n) is 7.40. The molecule has 1 fully saturated rings. The summed E-state index contributed by atoms with van der Waals surface area (Å²) in [6, 6.07) is 8.72. The number of aryl methyl sites for hydroxylation is 2.